The summed E-state index contributed by atoms with van der Waals surface area (Å²) in [4.78, 5) is 17.8. The number of aromatic nitrogens is 1. The van der Waals surface area contributed by atoms with Crippen LogP contribution in [0.4, 0.5) is 16.3 Å². The van der Waals surface area contributed by atoms with E-state index in [9.17, 15) is 4.79 Å². The Hall–Kier alpha value is -2.18. The zero-order chi connectivity index (χ0) is 16.3. The Balaban J connectivity index is 1.84. The van der Waals surface area contributed by atoms with Gasteiger partial charge in [-0.1, -0.05) is 0 Å². The molecule has 0 spiro atoms. The summed E-state index contributed by atoms with van der Waals surface area (Å²) in [6.45, 7) is 6.78. The first kappa shape index (κ1) is 16.2. The zero-order valence-electron chi connectivity index (χ0n) is 13.3. The average molecular weight is 308 g/mol. The number of amides is 1. The number of hydrogen-bond donors (Lipinski definition) is 2. The lowest BCUT2D eigenvalue weighted by Gasteiger charge is -2.33. The summed E-state index contributed by atoms with van der Waals surface area (Å²) in [6, 6.07) is 3.37. The highest BCUT2D eigenvalue weighted by Crippen LogP contribution is 2.22. The summed E-state index contributed by atoms with van der Waals surface area (Å²) in [7, 11) is 0. The maximum absolute atomic E-state index is 12.0. The fourth-order valence-electron chi connectivity index (χ4n) is 2.19. The Morgan fingerprint density at radius 1 is 1.27 bits per heavy atom. The molecule has 1 amide bonds. The van der Waals surface area contributed by atoms with Crippen molar-refractivity contribution in [2.45, 2.75) is 45.3 Å². The van der Waals surface area contributed by atoms with Gasteiger partial charge < -0.3 is 25.8 Å². The number of carbonyl (C=O) groups is 1. The first-order valence-corrected chi connectivity index (χ1v) is 7.41. The monoisotopic (exact) mass is 308 g/mol. The number of anilines is 2. The second-order valence-electron chi connectivity index (χ2n) is 6.41. The van der Waals surface area contributed by atoms with Crippen LogP contribution < -0.4 is 16.2 Å². The van der Waals surface area contributed by atoms with Crippen LogP contribution in [0.5, 0.6) is 5.88 Å². The summed E-state index contributed by atoms with van der Waals surface area (Å²) < 4.78 is 11.2. The van der Waals surface area contributed by atoms with Crippen LogP contribution >= 0.6 is 0 Å². The number of nitrogen functional groups attached to an aromatic ring is 2. The van der Waals surface area contributed by atoms with Gasteiger partial charge in [-0.05, 0) is 26.8 Å². The molecule has 1 fully saturated rings. The molecular formula is C15H24N4O3. The standard InChI is InChI=1S/C15H24N4O3/c1-15(2,3)22-14(20)19-8-6-10(7-9-19)21-12-5-4-11(16)13(17)18-12/h4-5,10H,6-9,16H2,1-3H3,(H2,17,18). The quantitative estimate of drug-likeness (QED) is 0.866. The van der Waals surface area contributed by atoms with Gasteiger partial charge >= 0.3 is 6.09 Å². The van der Waals surface area contributed by atoms with Crippen molar-refractivity contribution in [3.63, 3.8) is 0 Å². The number of rotatable bonds is 2. The van der Waals surface area contributed by atoms with Crippen LogP contribution in [-0.4, -0.2) is 40.8 Å². The van der Waals surface area contributed by atoms with Crippen molar-refractivity contribution in [1.82, 2.24) is 9.88 Å². The van der Waals surface area contributed by atoms with Crippen molar-refractivity contribution >= 4 is 17.6 Å². The molecule has 22 heavy (non-hydrogen) atoms. The molecular weight excluding hydrogens is 284 g/mol. The van der Waals surface area contributed by atoms with Crippen molar-refractivity contribution < 1.29 is 14.3 Å². The molecule has 0 unspecified atom stereocenters. The van der Waals surface area contributed by atoms with E-state index < -0.39 is 5.60 Å². The number of pyridine rings is 1. The van der Waals surface area contributed by atoms with E-state index >= 15 is 0 Å². The number of nitrogens with zero attached hydrogens (tertiary/aromatic N) is 2. The van der Waals surface area contributed by atoms with Gasteiger partial charge in [0.25, 0.3) is 0 Å². The Labute approximate surface area is 130 Å². The minimum atomic E-state index is -0.476. The summed E-state index contributed by atoms with van der Waals surface area (Å²) in [5.41, 5.74) is 11.2. The molecule has 1 aromatic heterocycles. The van der Waals surface area contributed by atoms with E-state index in [2.05, 4.69) is 4.98 Å². The van der Waals surface area contributed by atoms with Crippen LogP contribution in [0.15, 0.2) is 12.1 Å². The smallest absolute Gasteiger partial charge is 0.410 e. The number of piperidine rings is 1. The Bertz CT molecular complexity index is 534. The fraction of sp³-hybridized carbons (Fsp3) is 0.600. The van der Waals surface area contributed by atoms with Gasteiger partial charge in [-0.25, -0.2) is 4.79 Å². The predicted molar refractivity (Wildman–Crippen MR) is 84.5 cm³/mol. The number of hydrogen-bond acceptors (Lipinski definition) is 6. The number of carbonyl (C=O) groups excluding carboxylic acids is 1. The predicted octanol–water partition coefficient (Wildman–Crippen LogP) is 2.02. The molecule has 1 aromatic rings. The van der Waals surface area contributed by atoms with Crippen LogP contribution in [-0.2, 0) is 4.74 Å². The third-order valence-electron chi connectivity index (χ3n) is 3.31. The average Bonchev–Trinajstić information content (AvgIpc) is 2.42. The molecule has 0 aromatic carbocycles. The van der Waals surface area contributed by atoms with Gasteiger partial charge in [0.2, 0.25) is 5.88 Å². The molecule has 7 heteroatoms. The van der Waals surface area contributed by atoms with E-state index in [0.717, 1.165) is 12.8 Å². The van der Waals surface area contributed by atoms with E-state index in [4.69, 9.17) is 20.9 Å². The highest BCUT2D eigenvalue weighted by Gasteiger charge is 2.27. The van der Waals surface area contributed by atoms with Gasteiger partial charge in [0.1, 0.15) is 11.7 Å². The molecule has 1 aliphatic rings. The van der Waals surface area contributed by atoms with Gasteiger partial charge in [-0.15, -0.1) is 0 Å². The summed E-state index contributed by atoms with van der Waals surface area (Å²) in [6.07, 6.45) is 1.19. The highest BCUT2D eigenvalue weighted by atomic mass is 16.6. The van der Waals surface area contributed by atoms with E-state index in [1.807, 2.05) is 20.8 Å². The van der Waals surface area contributed by atoms with Gasteiger partial charge in [0, 0.05) is 32.0 Å². The van der Waals surface area contributed by atoms with E-state index in [1.165, 1.54) is 0 Å². The second-order valence-corrected chi connectivity index (χ2v) is 6.41. The third kappa shape index (κ3) is 4.41. The summed E-state index contributed by atoms with van der Waals surface area (Å²) in [5.74, 6) is 0.728. The Kier molecular flexibility index (Phi) is 4.63. The van der Waals surface area contributed by atoms with Crippen LogP contribution in [0.1, 0.15) is 33.6 Å². The first-order valence-electron chi connectivity index (χ1n) is 7.41. The fourth-order valence-corrected chi connectivity index (χ4v) is 2.19. The Morgan fingerprint density at radius 2 is 1.91 bits per heavy atom. The lowest BCUT2D eigenvalue weighted by molar-refractivity contribution is 0.0123. The minimum Gasteiger partial charge on any atom is -0.474 e. The zero-order valence-corrected chi connectivity index (χ0v) is 13.3. The largest absolute Gasteiger partial charge is 0.474 e. The molecule has 2 heterocycles. The van der Waals surface area contributed by atoms with Crippen molar-refractivity contribution in [3.8, 4) is 5.88 Å². The van der Waals surface area contributed by atoms with Crippen LogP contribution in [0.3, 0.4) is 0 Å². The molecule has 2 rings (SSSR count). The minimum absolute atomic E-state index is 0.00853. The molecule has 0 radical (unpaired) electrons. The number of likely N-dealkylation sites (tertiary alicyclic amines) is 1. The van der Waals surface area contributed by atoms with E-state index in [0.29, 0.717) is 24.7 Å². The third-order valence-corrected chi connectivity index (χ3v) is 3.31. The molecule has 1 saturated heterocycles. The topological polar surface area (TPSA) is 104 Å². The molecule has 4 N–H and O–H groups in total. The van der Waals surface area contributed by atoms with Gasteiger partial charge in [-0.2, -0.15) is 4.98 Å². The molecule has 0 aliphatic carbocycles. The molecule has 0 bridgehead atoms. The van der Waals surface area contributed by atoms with Crippen molar-refractivity contribution in [2.75, 3.05) is 24.6 Å². The molecule has 1 aliphatic heterocycles. The van der Waals surface area contributed by atoms with Crippen molar-refractivity contribution in [2.24, 2.45) is 0 Å². The molecule has 122 valence electrons. The molecule has 7 nitrogen and oxygen atoms in total. The number of nitrogens with two attached hydrogens (primary N) is 2. The van der Waals surface area contributed by atoms with Crippen LogP contribution in [0.25, 0.3) is 0 Å². The van der Waals surface area contributed by atoms with Gasteiger partial charge in [0.15, 0.2) is 5.82 Å². The normalized spacial score (nSPS) is 16.4. The Morgan fingerprint density at radius 3 is 2.45 bits per heavy atom. The van der Waals surface area contributed by atoms with Crippen LogP contribution in [0, 0.1) is 0 Å². The molecule has 0 saturated carbocycles. The van der Waals surface area contributed by atoms with E-state index in [-0.39, 0.29) is 18.0 Å². The molecule has 0 atom stereocenters. The van der Waals surface area contributed by atoms with Crippen LogP contribution in [0.2, 0.25) is 0 Å². The SMILES string of the molecule is CC(C)(C)OC(=O)N1CCC(Oc2ccc(N)c(N)n2)CC1. The highest BCUT2D eigenvalue weighted by molar-refractivity contribution is 5.68. The lowest BCUT2D eigenvalue weighted by atomic mass is 10.1. The first-order chi connectivity index (χ1) is 10.2. The maximum atomic E-state index is 12.0. The number of ether oxygens (including phenoxy) is 2. The summed E-state index contributed by atoms with van der Waals surface area (Å²) in [5, 5.41) is 0. The van der Waals surface area contributed by atoms with Gasteiger partial charge in [0.05, 0.1) is 5.69 Å². The van der Waals surface area contributed by atoms with Crippen molar-refractivity contribution in [3.05, 3.63) is 12.1 Å². The maximum Gasteiger partial charge on any atom is 0.410 e. The lowest BCUT2D eigenvalue weighted by Crippen LogP contribution is -2.44. The second kappa shape index (κ2) is 6.29. The van der Waals surface area contributed by atoms with Gasteiger partial charge in [-0.3, -0.25) is 0 Å². The summed E-state index contributed by atoms with van der Waals surface area (Å²) >= 11 is 0. The van der Waals surface area contributed by atoms with E-state index in [1.54, 1.807) is 17.0 Å². The van der Waals surface area contributed by atoms with Crippen molar-refractivity contribution in [1.29, 1.82) is 0 Å².